The van der Waals surface area contributed by atoms with Crippen LogP contribution in [0.2, 0.25) is 0 Å². The molecule has 2 heteroatoms. The van der Waals surface area contributed by atoms with Gasteiger partial charge < -0.3 is 11.1 Å². The Morgan fingerprint density at radius 1 is 1.11 bits per heavy atom. The predicted molar refractivity (Wildman–Crippen MR) is 75.5 cm³/mol. The first-order valence-corrected chi connectivity index (χ1v) is 7.38. The number of benzene rings is 1. The number of hydrogen-bond donors (Lipinski definition) is 2. The SMILES string of the molecule is NC1CCCCC1CNC1CC1c1ccccc1. The van der Waals surface area contributed by atoms with Crippen LogP contribution in [0.4, 0.5) is 0 Å². The summed E-state index contributed by atoms with van der Waals surface area (Å²) in [5.41, 5.74) is 7.68. The molecule has 1 aromatic rings. The van der Waals surface area contributed by atoms with Gasteiger partial charge in [-0.05, 0) is 37.3 Å². The van der Waals surface area contributed by atoms with Crippen LogP contribution in [0, 0.1) is 5.92 Å². The van der Waals surface area contributed by atoms with E-state index in [0.29, 0.717) is 18.0 Å². The Kier molecular flexibility index (Phi) is 3.67. The number of nitrogens with one attached hydrogen (secondary N) is 1. The largest absolute Gasteiger partial charge is 0.327 e. The van der Waals surface area contributed by atoms with Crippen molar-refractivity contribution in [2.24, 2.45) is 11.7 Å². The van der Waals surface area contributed by atoms with E-state index in [2.05, 4.69) is 35.6 Å². The van der Waals surface area contributed by atoms with Crippen molar-refractivity contribution in [3.8, 4) is 0 Å². The third-order valence-electron chi connectivity index (χ3n) is 4.63. The van der Waals surface area contributed by atoms with E-state index in [4.69, 9.17) is 5.73 Å². The molecule has 0 bridgehead atoms. The fraction of sp³-hybridized carbons (Fsp3) is 0.625. The Bertz CT molecular complexity index is 376. The van der Waals surface area contributed by atoms with Crippen LogP contribution in [0.15, 0.2) is 30.3 Å². The summed E-state index contributed by atoms with van der Waals surface area (Å²) in [6.45, 7) is 1.12. The fourth-order valence-corrected chi connectivity index (χ4v) is 3.28. The van der Waals surface area contributed by atoms with Gasteiger partial charge >= 0.3 is 0 Å². The lowest BCUT2D eigenvalue weighted by Gasteiger charge is -2.28. The van der Waals surface area contributed by atoms with E-state index in [1.807, 2.05) is 0 Å². The molecule has 0 radical (unpaired) electrons. The summed E-state index contributed by atoms with van der Waals surface area (Å²) >= 11 is 0. The van der Waals surface area contributed by atoms with E-state index in [-0.39, 0.29) is 0 Å². The van der Waals surface area contributed by atoms with Gasteiger partial charge in [-0.15, -0.1) is 0 Å². The number of nitrogens with two attached hydrogens (primary N) is 1. The average molecular weight is 244 g/mol. The van der Waals surface area contributed by atoms with Crippen LogP contribution in [0.25, 0.3) is 0 Å². The second-order valence-corrected chi connectivity index (χ2v) is 5.98. The van der Waals surface area contributed by atoms with Crippen LogP contribution in [0.1, 0.15) is 43.6 Å². The molecule has 0 heterocycles. The molecule has 0 amide bonds. The highest BCUT2D eigenvalue weighted by Gasteiger charge is 2.38. The van der Waals surface area contributed by atoms with E-state index in [9.17, 15) is 0 Å². The molecule has 18 heavy (non-hydrogen) atoms. The van der Waals surface area contributed by atoms with Gasteiger partial charge in [0.2, 0.25) is 0 Å². The van der Waals surface area contributed by atoms with Gasteiger partial charge in [0, 0.05) is 18.0 Å². The molecular weight excluding hydrogens is 220 g/mol. The molecule has 3 N–H and O–H groups in total. The second-order valence-electron chi connectivity index (χ2n) is 5.98. The lowest BCUT2D eigenvalue weighted by molar-refractivity contribution is 0.295. The maximum atomic E-state index is 6.19. The Hall–Kier alpha value is -0.860. The first-order valence-electron chi connectivity index (χ1n) is 7.38. The molecule has 1 aromatic carbocycles. The minimum atomic E-state index is 0.431. The monoisotopic (exact) mass is 244 g/mol. The molecule has 4 atom stereocenters. The molecule has 0 aliphatic heterocycles. The summed E-state index contributed by atoms with van der Waals surface area (Å²) in [5.74, 6) is 1.45. The predicted octanol–water partition coefficient (Wildman–Crippen LogP) is 2.65. The smallest absolute Gasteiger partial charge is 0.0143 e. The zero-order valence-corrected chi connectivity index (χ0v) is 11.0. The molecule has 3 rings (SSSR count). The summed E-state index contributed by atoms with van der Waals surface area (Å²) in [6, 6.07) is 12.0. The van der Waals surface area contributed by atoms with Crippen molar-refractivity contribution in [2.75, 3.05) is 6.54 Å². The van der Waals surface area contributed by atoms with Crippen LogP contribution in [0.3, 0.4) is 0 Å². The van der Waals surface area contributed by atoms with Crippen molar-refractivity contribution in [3.05, 3.63) is 35.9 Å². The summed E-state index contributed by atoms with van der Waals surface area (Å²) in [5, 5.41) is 3.73. The van der Waals surface area contributed by atoms with E-state index >= 15 is 0 Å². The van der Waals surface area contributed by atoms with Crippen LogP contribution >= 0.6 is 0 Å². The first kappa shape index (κ1) is 12.2. The van der Waals surface area contributed by atoms with Crippen LogP contribution in [0.5, 0.6) is 0 Å². The van der Waals surface area contributed by atoms with Crippen molar-refractivity contribution in [1.29, 1.82) is 0 Å². The van der Waals surface area contributed by atoms with Gasteiger partial charge in [-0.25, -0.2) is 0 Å². The zero-order valence-electron chi connectivity index (χ0n) is 11.0. The molecule has 2 aliphatic rings. The molecule has 2 aliphatic carbocycles. The standard InChI is InChI=1S/C16H24N2/c17-15-9-5-4-8-13(15)11-18-16-10-14(16)12-6-2-1-3-7-12/h1-3,6-7,13-16,18H,4-5,8-11,17H2. The summed E-state index contributed by atoms with van der Waals surface area (Å²) in [6.07, 6.45) is 6.53. The van der Waals surface area contributed by atoms with Crippen LogP contribution in [-0.2, 0) is 0 Å². The minimum Gasteiger partial charge on any atom is -0.327 e. The molecule has 4 unspecified atom stereocenters. The maximum Gasteiger partial charge on any atom is 0.0143 e. The van der Waals surface area contributed by atoms with Crippen molar-refractivity contribution in [2.45, 2.75) is 50.1 Å². The van der Waals surface area contributed by atoms with Gasteiger partial charge in [-0.2, -0.15) is 0 Å². The molecule has 98 valence electrons. The molecule has 2 saturated carbocycles. The fourth-order valence-electron chi connectivity index (χ4n) is 3.28. The average Bonchev–Trinajstić information content (AvgIpc) is 3.18. The van der Waals surface area contributed by atoms with Gasteiger partial charge in [0.05, 0.1) is 0 Å². The Labute approximate surface area is 110 Å². The lowest BCUT2D eigenvalue weighted by atomic mass is 9.85. The van der Waals surface area contributed by atoms with Crippen molar-refractivity contribution in [1.82, 2.24) is 5.32 Å². The van der Waals surface area contributed by atoms with Gasteiger partial charge in [0.1, 0.15) is 0 Å². The highest BCUT2D eigenvalue weighted by Crippen LogP contribution is 2.40. The maximum absolute atomic E-state index is 6.19. The molecule has 2 nitrogen and oxygen atoms in total. The van der Waals surface area contributed by atoms with Gasteiger partial charge in [-0.3, -0.25) is 0 Å². The highest BCUT2D eigenvalue weighted by molar-refractivity contribution is 5.27. The van der Waals surface area contributed by atoms with E-state index in [1.165, 1.54) is 37.7 Å². The van der Waals surface area contributed by atoms with Crippen LogP contribution in [-0.4, -0.2) is 18.6 Å². The quantitative estimate of drug-likeness (QED) is 0.854. The van der Waals surface area contributed by atoms with Gasteiger partial charge in [-0.1, -0.05) is 43.2 Å². The number of rotatable bonds is 4. The molecule has 0 saturated heterocycles. The summed E-state index contributed by atoms with van der Waals surface area (Å²) < 4.78 is 0. The molecule has 0 spiro atoms. The van der Waals surface area contributed by atoms with Crippen molar-refractivity contribution in [3.63, 3.8) is 0 Å². The highest BCUT2D eigenvalue weighted by atomic mass is 15.0. The Balaban J connectivity index is 1.46. The topological polar surface area (TPSA) is 38.0 Å². The van der Waals surface area contributed by atoms with Gasteiger partial charge in [0.15, 0.2) is 0 Å². The lowest BCUT2D eigenvalue weighted by Crippen LogP contribution is -2.40. The normalized spacial score (nSPS) is 35.4. The summed E-state index contributed by atoms with van der Waals surface area (Å²) in [7, 11) is 0. The van der Waals surface area contributed by atoms with Gasteiger partial charge in [0.25, 0.3) is 0 Å². The number of hydrogen-bond acceptors (Lipinski definition) is 2. The Morgan fingerprint density at radius 3 is 2.67 bits per heavy atom. The van der Waals surface area contributed by atoms with E-state index < -0.39 is 0 Å². The second kappa shape index (κ2) is 5.41. The van der Waals surface area contributed by atoms with Crippen molar-refractivity contribution < 1.29 is 0 Å². The zero-order chi connectivity index (χ0) is 12.4. The molecular formula is C16H24N2. The van der Waals surface area contributed by atoms with E-state index in [1.54, 1.807) is 0 Å². The minimum absolute atomic E-state index is 0.431. The molecule has 0 aromatic heterocycles. The third-order valence-corrected chi connectivity index (χ3v) is 4.63. The molecule has 2 fully saturated rings. The first-order chi connectivity index (χ1) is 8.84. The summed E-state index contributed by atoms with van der Waals surface area (Å²) in [4.78, 5) is 0. The third kappa shape index (κ3) is 2.76. The Morgan fingerprint density at radius 2 is 1.89 bits per heavy atom. The van der Waals surface area contributed by atoms with E-state index in [0.717, 1.165) is 12.5 Å². The van der Waals surface area contributed by atoms with Crippen molar-refractivity contribution >= 4 is 0 Å². The van der Waals surface area contributed by atoms with Crippen LogP contribution < -0.4 is 11.1 Å².